The minimum atomic E-state index is -2.77. The summed E-state index contributed by atoms with van der Waals surface area (Å²) in [4.78, 5) is 66.3. The Balaban J connectivity index is 1.61. The Morgan fingerprint density at radius 1 is 0.818 bits per heavy atom. The molecule has 18 nitrogen and oxygen atoms in total. The van der Waals surface area contributed by atoms with Gasteiger partial charge in [0.25, 0.3) is 5.56 Å². The van der Waals surface area contributed by atoms with Gasteiger partial charge in [0.05, 0.1) is 19.8 Å². The summed E-state index contributed by atoms with van der Waals surface area (Å²) in [5.74, 6) is -1.48. The van der Waals surface area contributed by atoms with Crippen molar-refractivity contribution in [2.75, 3.05) is 20.2 Å². The zero-order valence-electron chi connectivity index (χ0n) is 40.3. The fourth-order valence-corrected chi connectivity index (χ4v) is 9.34. The number of hydrogen-bond donors (Lipinski definition) is 6. The highest BCUT2D eigenvalue weighted by molar-refractivity contribution is 6.74. The van der Waals surface area contributed by atoms with Crippen LogP contribution >= 0.6 is 0 Å². The third-order valence-corrected chi connectivity index (χ3v) is 21.7. The summed E-state index contributed by atoms with van der Waals surface area (Å²) < 4.78 is 33.6. The van der Waals surface area contributed by atoms with E-state index < -0.39 is 94.7 Å². The van der Waals surface area contributed by atoms with E-state index in [4.69, 9.17) is 23.1 Å². The summed E-state index contributed by atoms with van der Waals surface area (Å²) >= 11 is 0. The molecule has 0 aliphatic carbocycles. The molecular formula is C46H71N5O13Si2. The van der Waals surface area contributed by atoms with Gasteiger partial charge in [0.1, 0.15) is 48.9 Å². The Morgan fingerprint density at radius 3 is 1.95 bits per heavy atom. The van der Waals surface area contributed by atoms with Crippen molar-refractivity contribution < 1.29 is 52.8 Å². The van der Waals surface area contributed by atoms with E-state index in [2.05, 4.69) is 36.7 Å². The van der Waals surface area contributed by atoms with Crippen molar-refractivity contribution >= 4 is 34.6 Å². The maximum absolute atomic E-state index is 14.5. The number of methoxy groups -OCH3 is 1. The molecule has 1 aliphatic rings. The first-order valence-electron chi connectivity index (χ1n) is 22.2. The molecule has 1 aromatic heterocycles. The van der Waals surface area contributed by atoms with Gasteiger partial charge in [0.15, 0.2) is 22.9 Å². The number of nitrogens with one attached hydrogen (secondary N) is 3. The van der Waals surface area contributed by atoms with Crippen LogP contribution < -0.4 is 31.9 Å². The Kier molecular flexibility index (Phi) is 18.3. The number of rotatable bonds is 21. The van der Waals surface area contributed by atoms with Gasteiger partial charge in [-0.05, 0) is 79.4 Å². The molecule has 2 aromatic carbocycles. The van der Waals surface area contributed by atoms with Gasteiger partial charge in [-0.25, -0.2) is 9.59 Å². The Labute approximate surface area is 389 Å². The lowest BCUT2D eigenvalue weighted by Crippen LogP contribution is -2.59. The molecule has 0 spiro atoms. The highest BCUT2D eigenvalue weighted by Crippen LogP contribution is 2.46. The van der Waals surface area contributed by atoms with Gasteiger partial charge in [0, 0.05) is 18.8 Å². The summed E-state index contributed by atoms with van der Waals surface area (Å²) in [6.07, 6.45) is -7.19. The minimum absolute atomic E-state index is 0.00885. The lowest BCUT2D eigenvalue weighted by atomic mass is 9.99. The van der Waals surface area contributed by atoms with Crippen LogP contribution in [-0.4, -0.2) is 122 Å². The summed E-state index contributed by atoms with van der Waals surface area (Å²) in [5.41, 5.74) is 0.138. The van der Waals surface area contributed by atoms with Gasteiger partial charge < -0.3 is 54.3 Å². The smallest absolute Gasteiger partial charge is 0.408 e. The molecule has 1 aliphatic heterocycles. The molecule has 2 heterocycles. The third kappa shape index (κ3) is 13.7. The van der Waals surface area contributed by atoms with Crippen LogP contribution in [0.2, 0.25) is 36.3 Å². The highest BCUT2D eigenvalue weighted by atomic mass is 28.4. The van der Waals surface area contributed by atoms with E-state index in [9.17, 15) is 39.3 Å². The van der Waals surface area contributed by atoms with Crippen LogP contribution in [0.25, 0.3) is 0 Å². The molecule has 20 heteroatoms. The van der Waals surface area contributed by atoms with Crippen molar-refractivity contribution in [3.63, 3.8) is 0 Å². The van der Waals surface area contributed by atoms with Gasteiger partial charge in [0.2, 0.25) is 5.91 Å². The first kappa shape index (κ1) is 53.9. The first-order chi connectivity index (χ1) is 30.7. The predicted molar refractivity (Wildman–Crippen MR) is 253 cm³/mol. The van der Waals surface area contributed by atoms with Gasteiger partial charge in [-0.1, -0.05) is 84.0 Å². The second kappa shape index (κ2) is 22.4. The molecule has 8 atom stereocenters. The number of aliphatic hydroxyl groups excluding tert-OH is 2. The number of nitrogens with zero attached hydrogens (tertiary/aromatic N) is 2. The Bertz CT molecular complexity index is 2200. The number of amides is 2. The summed E-state index contributed by atoms with van der Waals surface area (Å²) in [7, 11) is -3.98. The maximum atomic E-state index is 14.5. The van der Waals surface area contributed by atoms with Crippen LogP contribution in [0.1, 0.15) is 72.2 Å². The fourth-order valence-electron chi connectivity index (χ4n) is 6.75. The number of hydrogen-bond acceptors (Lipinski definition) is 13. The number of alkyl carbamates (subject to hydrolysis) is 1. The monoisotopic (exact) mass is 957 g/mol. The van der Waals surface area contributed by atoms with Gasteiger partial charge in [-0.3, -0.25) is 23.5 Å². The largest absolute Gasteiger partial charge is 0.497 e. The van der Waals surface area contributed by atoms with Gasteiger partial charge in [-0.2, -0.15) is 0 Å². The van der Waals surface area contributed by atoms with Crippen LogP contribution in [0.15, 0.2) is 76.4 Å². The molecule has 1 unspecified atom stereocenters. The molecule has 1 fully saturated rings. The van der Waals surface area contributed by atoms with Crippen molar-refractivity contribution in [3.8, 4) is 5.75 Å². The molecule has 3 aromatic rings. The van der Waals surface area contributed by atoms with Crippen molar-refractivity contribution in [1.82, 2.24) is 25.1 Å². The van der Waals surface area contributed by atoms with Crippen molar-refractivity contribution in [2.45, 2.75) is 153 Å². The average molecular weight is 958 g/mol. The second-order valence-electron chi connectivity index (χ2n) is 19.8. The van der Waals surface area contributed by atoms with E-state index in [1.165, 1.54) is 30.9 Å². The molecule has 0 radical (unpaired) electrons. The second-order valence-corrected chi connectivity index (χ2v) is 29.3. The number of carboxylic acid groups (broad SMARTS) is 1. The number of benzene rings is 2. The van der Waals surface area contributed by atoms with E-state index >= 15 is 0 Å². The molecule has 4 rings (SSSR count). The lowest BCUT2D eigenvalue weighted by molar-refractivity contribution is -0.149. The normalized spacial score (nSPS) is 19.9. The molecule has 6 N–H and O–H groups in total. The van der Waals surface area contributed by atoms with Crippen LogP contribution in [0, 0.1) is 0 Å². The van der Waals surface area contributed by atoms with Crippen LogP contribution in [0.3, 0.4) is 0 Å². The van der Waals surface area contributed by atoms with Crippen LogP contribution in [0.5, 0.6) is 5.75 Å². The molecule has 66 heavy (non-hydrogen) atoms. The molecule has 0 bridgehead atoms. The quantitative estimate of drug-likeness (QED) is 0.0644. The zero-order chi connectivity index (χ0) is 49.4. The zero-order valence-corrected chi connectivity index (χ0v) is 42.3. The van der Waals surface area contributed by atoms with E-state index in [1.807, 2.05) is 53.0 Å². The SMILES string of the molecule is COc1ccc(Cn2c(=O)ccn([C@@H]3O[C@@H](C(O)[C@H](NCCCNC(=O)[C@@H](NC(=O)OCc4ccccc4)[C@H](C)O)C(=O)O)[C@@H](O[Si](C)(C)C(C)(C)C)[C@H]3O[Si](C)(C)C(C)(C)C)c2=O)cc1. The minimum Gasteiger partial charge on any atom is -0.497 e. The Morgan fingerprint density at radius 2 is 1.41 bits per heavy atom. The fraction of sp³-hybridized carbons (Fsp3) is 0.587. The average Bonchev–Trinajstić information content (AvgIpc) is 3.56. The van der Waals surface area contributed by atoms with E-state index in [0.29, 0.717) is 11.3 Å². The van der Waals surface area contributed by atoms with Crippen LogP contribution in [-0.2, 0) is 41.1 Å². The van der Waals surface area contributed by atoms with Crippen molar-refractivity contribution in [1.29, 1.82) is 0 Å². The summed E-state index contributed by atoms with van der Waals surface area (Å²) in [5, 5.41) is 40.3. The molecule has 2 amide bonds. The third-order valence-electron chi connectivity index (χ3n) is 12.8. The summed E-state index contributed by atoms with van der Waals surface area (Å²) in [6, 6.07) is 14.2. The van der Waals surface area contributed by atoms with Crippen molar-refractivity contribution in [2.24, 2.45) is 0 Å². The van der Waals surface area contributed by atoms with Crippen molar-refractivity contribution in [3.05, 3.63) is 98.8 Å². The predicted octanol–water partition coefficient (Wildman–Crippen LogP) is 4.33. The number of carbonyl (C=O) groups is 3. The van der Waals surface area contributed by atoms with E-state index in [1.54, 1.807) is 48.5 Å². The van der Waals surface area contributed by atoms with E-state index in [-0.39, 0.29) is 42.7 Å². The summed E-state index contributed by atoms with van der Waals surface area (Å²) in [6.45, 7) is 21.6. The van der Waals surface area contributed by atoms with Gasteiger partial charge in [-0.15, -0.1) is 0 Å². The Hall–Kier alpha value is -4.68. The molecule has 366 valence electrons. The van der Waals surface area contributed by atoms with Crippen LogP contribution in [0.4, 0.5) is 4.79 Å². The number of aromatic nitrogens is 2. The van der Waals surface area contributed by atoms with E-state index in [0.717, 1.165) is 10.1 Å². The maximum Gasteiger partial charge on any atom is 0.408 e. The topological polar surface area (TPSA) is 238 Å². The lowest BCUT2D eigenvalue weighted by Gasteiger charge is -2.44. The highest BCUT2D eigenvalue weighted by Gasteiger charge is 2.57. The number of carbonyl (C=O) groups excluding carboxylic acids is 2. The molecule has 1 saturated heterocycles. The standard InChI is InChI=1S/C46H71N5O13Si2/c1-29(52)34(49-43(58)61-28-31-17-14-13-15-18-31)40(55)48-25-16-24-47-35(42(56)57)36(54)37-38(63-65(9,10)45(2,3)4)39(64-66(11,12)46(5,6)7)41(62-37)50-26-23-33(53)51(44(50)59)27-30-19-21-32(60-8)22-20-30/h13-15,17-23,26,29,34-39,41,47,52,54H,16,24-25,27-28H2,1-12H3,(H,48,55)(H,49,58)(H,56,57)/t29-,34-,35-,36?,37-,38+,39+,41+/m0/s1. The van der Waals surface area contributed by atoms with Gasteiger partial charge >= 0.3 is 17.8 Å². The number of aliphatic hydroxyl groups is 2. The molecule has 0 saturated carbocycles. The number of aliphatic carboxylic acids is 1. The number of ether oxygens (including phenoxy) is 3. The molecular weight excluding hydrogens is 887 g/mol. The first-order valence-corrected chi connectivity index (χ1v) is 28.0. The number of carboxylic acids is 1.